The zero-order chi connectivity index (χ0) is 11.8. The Morgan fingerprint density at radius 1 is 1.19 bits per heavy atom. The van der Waals surface area contributed by atoms with Crippen molar-refractivity contribution < 1.29 is 9.13 Å². The highest BCUT2D eigenvalue weighted by Crippen LogP contribution is 2.33. The van der Waals surface area contributed by atoms with Gasteiger partial charge in [0.15, 0.2) is 0 Å². The molecule has 0 aromatic heterocycles. The molecule has 1 aliphatic heterocycles. The maximum atomic E-state index is 13.8. The van der Waals surface area contributed by atoms with Crippen molar-refractivity contribution in [1.29, 1.82) is 0 Å². The number of ether oxygens (including phenoxy) is 1. The first-order valence-electron chi connectivity index (χ1n) is 7.01. The molecule has 0 saturated carbocycles. The maximum Gasteiger partial charge on any atom is 0.126 e. The number of hydrogen-bond donors (Lipinski definition) is 0. The summed E-state index contributed by atoms with van der Waals surface area (Å²) in [5, 5.41) is 0. The highest BCUT2D eigenvalue weighted by molar-refractivity contribution is 4.79. The normalized spacial score (nSPS) is 27.9. The minimum absolute atomic E-state index is 0.269. The zero-order valence-corrected chi connectivity index (χ0v) is 10.9. The van der Waals surface area contributed by atoms with E-state index in [1.54, 1.807) is 0 Å². The Morgan fingerprint density at radius 2 is 2.00 bits per heavy atom. The van der Waals surface area contributed by atoms with Crippen LogP contribution in [0.15, 0.2) is 0 Å². The number of halogens is 1. The second-order valence-electron chi connectivity index (χ2n) is 5.09. The lowest BCUT2D eigenvalue weighted by molar-refractivity contribution is -0.0246. The SMILES string of the molecule is CCCCCC(CCC)C1CCOCC1F. The van der Waals surface area contributed by atoms with Gasteiger partial charge in [-0.2, -0.15) is 0 Å². The van der Waals surface area contributed by atoms with Crippen LogP contribution in [0.4, 0.5) is 4.39 Å². The third-order valence-electron chi connectivity index (χ3n) is 3.78. The van der Waals surface area contributed by atoms with Crippen LogP contribution < -0.4 is 0 Å². The number of alkyl halides is 1. The Balaban J connectivity index is 2.39. The maximum absolute atomic E-state index is 13.8. The molecule has 1 rings (SSSR count). The van der Waals surface area contributed by atoms with Gasteiger partial charge in [-0.15, -0.1) is 0 Å². The van der Waals surface area contributed by atoms with Gasteiger partial charge < -0.3 is 4.74 Å². The molecule has 0 N–H and O–H groups in total. The fourth-order valence-corrected chi connectivity index (χ4v) is 2.85. The first kappa shape index (κ1) is 14.0. The largest absolute Gasteiger partial charge is 0.378 e. The third kappa shape index (κ3) is 4.40. The van der Waals surface area contributed by atoms with Gasteiger partial charge >= 0.3 is 0 Å². The lowest BCUT2D eigenvalue weighted by Crippen LogP contribution is -2.34. The third-order valence-corrected chi connectivity index (χ3v) is 3.78. The summed E-state index contributed by atoms with van der Waals surface area (Å²) in [5.41, 5.74) is 0. The average molecular weight is 230 g/mol. The Morgan fingerprint density at radius 3 is 2.62 bits per heavy atom. The van der Waals surface area contributed by atoms with Gasteiger partial charge in [0.1, 0.15) is 6.17 Å². The van der Waals surface area contributed by atoms with Crippen LogP contribution in [0.25, 0.3) is 0 Å². The van der Waals surface area contributed by atoms with Crippen LogP contribution in [0.2, 0.25) is 0 Å². The van der Waals surface area contributed by atoms with E-state index in [0.717, 1.165) is 13.0 Å². The van der Waals surface area contributed by atoms with Gasteiger partial charge in [0.2, 0.25) is 0 Å². The van der Waals surface area contributed by atoms with Crippen LogP contribution in [0.1, 0.15) is 58.8 Å². The standard InChI is InChI=1S/C14H27FO/c1-3-5-6-8-12(7-4-2)13-9-10-16-11-14(13)15/h12-14H,3-11H2,1-2H3. The second kappa shape index (κ2) is 8.05. The lowest BCUT2D eigenvalue weighted by Gasteiger charge is -2.33. The van der Waals surface area contributed by atoms with Crippen molar-refractivity contribution in [1.82, 2.24) is 0 Å². The Labute approximate surface area is 99.8 Å². The smallest absolute Gasteiger partial charge is 0.126 e. The molecule has 1 saturated heterocycles. The Kier molecular flexibility index (Phi) is 7.02. The molecule has 0 radical (unpaired) electrons. The fourth-order valence-electron chi connectivity index (χ4n) is 2.85. The van der Waals surface area contributed by atoms with E-state index in [-0.39, 0.29) is 5.92 Å². The zero-order valence-electron chi connectivity index (χ0n) is 10.9. The van der Waals surface area contributed by atoms with Crippen LogP contribution in [0.5, 0.6) is 0 Å². The highest BCUT2D eigenvalue weighted by atomic mass is 19.1. The van der Waals surface area contributed by atoms with E-state index < -0.39 is 6.17 Å². The summed E-state index contributed by atoms with van der Waals surface area (Å²) in [6, 6.07) is 0. The first-order chi connectivity index (χ1) is 7.79. The van der Waals surface area contributed by atoms with Gasteiger partial charge in [-0.3, -0.25) is 0 Å². The van der Waals surface area contributed by atoms with Gasteiger partial charge in [-0.25, -0.2) is 4.39 Å². The first-order valence-corrected chi connectivity index (χ1v) is 7.01. The van der Waals surface area contributed by atoms with Crippen molar-refractivity contribution in [3.05, 3.63) is 0 Å². The summed E-state index contributed by atoms with van der Waals surface area (Å²) in [6.45, 7) is 5.53. The summed E-state index contributed by atoms with van der Waals surface area (Å²) in [4.78, 5) is 0. The van der Waals surface area contributed by atoms with Crippen LogP contribution >= 0.6 is 0 Å². The quantitative estimate of drug-likeness (QED) is 0.590. The predicted molar refractivity (Wildman–Crippen MR) is 66.4 cm³/mol. The summed E-state index contributed by atoms with van der Waals surface area (Å²) in [6.07, 6.45) is 7.62. The van der Waals surface area contributed by atoms with Crippen molar-refractivity contribution in [2.75, 3.05) is 13.2 Å². The minimum Gasteiger partial charge on any atom is -0.378 e. The van der Waals surface area contributed by atoms with E-state index in [1.807, 2.05) is 0 Å². The molecule has 96 valence electrons. The Hall–Kier alpha value is -0.110. The second-order valence-corrected chi connectivity index (χ2v) is 5.09. The summed E-state index contributed by atoms with van der Waals surface area (Å²) >= 11 is 0. The van der Waals surface area contributed by atoms with Crippen LogP contribution in [-0.4, -0.2) is 19.4 Å². The summed E-state index contributed by atoms with van der Waals surface area (Å²) in [7, 11) is 0. The predicted octanol–water partition coefficient (Wildman–Crippen LogP) is 4.36. The molecule has 1 heterocycles. The van der Waals surface area contributed by atoms with E-state index >= 15 is 0 Å². The molecule has 1 aliphatic rings. The summed E-state index contributed by atoms with van der Waals surface area (Å²) < 4.78 is 19.0. The topological polar surface area (TPSA) is 9.23 Å². The van der Waals surface area contributed by atoms with Crippen LogP contribution in [0.3, 0.4) is 0 Å². The molecule has 3 unspecified atom stereocenters. The molecule has 0 spiro atoms. The number of rotatable bonds is 7. The number of unbranched alkanes of at least 4 members (excludes halogenated alkanes) is 2. The van der Waals surface area contributed by atoms with E-state index in [0.29, 0.717) is 12.5 Å². The van der Waals surface area contributed by atoms with Crippen molar-refractivity contribution >= 4 is 0 Å². The molecule has 16 heavy (non-hydrogen) atoms. The van der Waals surface area contributed by atoms with E-state index in [4.69, 9.17) is 4.74 Å². The molecule has 0 aliphatic carbocycles. The Bertz CT molecular complexity index is 172. The van der Waals surface area contributed by atoms with Gasteiger partial charge in [0, 0.05) is 6.61 Å². The molecule has 0 bridgehead atoms. The molecule has 2 heteroatoms. The molecular weight excluding hydrogens is 203 g/mol. The molecular formula is C14H27FO. The van der Waals surface area contributed by atoms with Crippen molar-refractivity contribution in [2.24, 2.45) is 11.8 Å². The number of hydrogen-bond acceptors (Lipinski definition) is 1. The van der Waals surface area contributed by atoms with E-state index in [2.05, 4.69) is 13.8 Å². The van der Waals surface area contributed by atoms with Crippen LogP contribution in [0, 0.1) is 11.8 Å². The fraction of sp³-hybridized carbons (Fsp3) is 1.00. The molecule has 1 fully saturated rings. The minimum atomic E-state index is -0.716. The average Bonchev–Trinajstić information content (AvgIpc) is 2.29. The van der Waals surface area contributed by atoms with Crippen molar-refractivity contribution in [3.63, 3.8) is 0 Å². The molecule has 0 amide bonds. The summed E-state index contributed by atoms with van der Waals surface area (Å²) in [5.74, 6) is 0.862. The molecule has 0 aromatic rings. The van der Waals surface area contributed by atoms with Crippen molar-refractivity contribution in [2.45, 2.75) is 65.0 Å². The van der Waals surface area contributed by atoms with E-state index in [1.165, 1.54) is 38.5 Å². The van der Waals surface area contributed by atoms with Gasteiger partial charge in [0.25, 0.3) is 0 Å². The highest BCUT2D eigenvalue weighted by Gasteiger charge is 2.31. The molecule has 1 nitrogen and oxygen atoms in total. The van der Waals surface area contributed by atoms with Crippen LogP contribution in [-0.2, 0) is 4.74 Å². The van der Waals surface area contributed by atoms with Gasteiger partial charge in [-0.05, 0) is 18.3 Å². The molecule has 3 atom stereocenters. The monoisotopic (exact) mass is 230 g/mol. The van der Waals surface area contributed by atoms with Crippen molar-refractivity contribution in [3.8, 4) is 0 Å². The van der Waals surface area contributed by atoms with Gasteiger partial charge in [-0.1, -0.05) is 52.4 Å². The molecule has 0 aromatic carbocycles. The lowest BCUT2D eigenvalue weighted by atomic mass is 9.79. The van der Waals surface area contributed by atoms with E-state index in [9.17, 15) is 4.39 Å². The van der Waals surface area contributed by atoms with Gasteiger partial charge in [0.05, 0.1) is 6.61 Å².